The maximum Gasteiger partial charge on any atom is 0.0489 e. The normalized spacial score (nSPS) is 12.4. The van der Waals surface area contributed by atoms with Crippen LogP contribution in [-0.2, 0) is 11.2 Å². The average molecular weight is 192 g/mol. The molecule has 0 fully saturated rings. The molecule has 0 aliphatic carbocycles. The summed E-state index contributed by atoms with van der Waals surface area (Å²) in [5.74, 6) is -1.51. The summed E-state index contributed by atoms with van der Waals surface area (Å²) in [5.41, 5.74) is 1.83. The SMILES string of the molecule is CCc1cnccc1C(CC)C(=O)[O-]. The van der Waals surface area contributed by atoms with Crippen LogP contribution >= 0.6 is 0 Å². The van der Waals surface area contributed by atoms with Gasteiger partial charge in [-0.2, -0.15) is 0 Å². The molecule has 14 heavy (non-hydrogen) atoms. The summed E-state index contributed by atoms with van der Waals surface area (Å²) in [5, 5.41) is 10.9. The minimum Gasteiger partial charge on any atom is -0.549 e. The molecule has 0 aliphatic rings. The number of hydrogen-bond acceptors (Lipinski definition) is 3. The summed E-state index contributed by atoms with van der Waals surface area (Å²) in [4.78, 5) is 14.8. The molecular formula is C11H14NO2-. The Morgan fingerprint density at radius 2 is 2.29 bits per heavy atom. The minimum atomic E-state index is -1.01. The van der Waals surface area contributed by atoms with Gasteiger partial charge in [0.2, 0.25) is 0 Å². The molecule has 1 aromatic heterocycles. The highest BCUT2D eigenvalue weighted by molar-refractivity contribution is 5.74. The standard InChI is InChI=1S/C11H15NO2/c1-3-8-7-12-6-5-10(8)9(4-2)11(13)14/h5-7,9H,3-4H2,1-2H3,(H,13,14)/p-1. The molecule has 0 N–H and O–H groups in total. The van der Waals surface area contributed by atoms with E-state index in [2.05, 4.69) is 4.98 Å². The second kappa shape index (κ2) is 4.74. The number of aliphatic carboxylic acids is 1. The molecule has 0 saturated heterocycles. The van der Waals surface area contributed by atoms with Crippen LogP contribution in [0.5, 0.6) is 0 Å². The van der Waals surface area contributed by atoms with E-state index in [-0.39, 0.29) is 0 Å². The number of carbonyl (C=O) groups is 1. The fraction of sp³-hybridized carbons (Fsp3) is 0.455. The van der Waals surface area contributed by atoms with Crippen molar-refractivity contribution < 1.29 is 9.90 Å². The lowest BCUT2D eigenvalue weighted by molar-refractivity contribution is -0.308. The third kappa shape index (κ3) is 2.10. The number of carbonyl (C=O) groups excluding carboxylic acids is 1. The maximum absolute atomic E-state index is 10.9. The first-order valence-corrected chi connectivity index (χ1v) is 4.84. The van der Waals surface area contributed by atoms with Crippen LogP contribution in [0.2, 0.25) is 0 Å². The molecular weight excluding hydrogens is 178 g/mol. The van der Waals surface area contributed by atoms with Crippen molar-refractivity contribution in [2.75, 3.05) is 0 Å². The lowest BCUT2D eigenvalue weighted by atomic mass is 9.93. The van der Waals surface area contributed by atoms with E-state index < -0.39 is 11.9 Å². The summed E-state index contributed by atoms with van der Waals surface area (Å²) in [6.45, 7) is 3.84. The second-order valence-corrected chi connectivity index (χ2v) is 3.21. The molecule has 3 heteroatoms. The van der Waals surface area contributed by atoms with Crippen molar-refractivity contribution in [3.8, 4) is 0 Å². The van der Waals surface area contributed by atoms with E-state index >= 15 is 0 Å². The van der Waals surface area contributed by atoms with Gasteiger partial charge in [-0.1, -0.05) is 13.8 Å². The Morgan fingerprint density at radius 1 is 1.57 bits per heavy atom. The molecule has 76 valence electrons. The number of rotatable bonds is 4. The Kier molecular flexibility index (Phi) is 3.63. The molecule has 1 atom stereocenters. The third-order valence-corrected chi connectivity index (χ3v) is 2.39. The summed E-state index contributed by atoms with van der Waals surface area (Å²) in [7, 11) is 0. The molecule has 0 bridgehead atoms. The summed E-state index contributed by atoms with van der Waals surface area (Å²) < 4.78 is 0. The highest BCUT2D eigenvalue weighted by Gasteiger charge is 2.13. The van der Waals surface area contributed by atoms with Crippen LogP contribution < -0.4 is 5.11 Å². The van der Waals surface area contributed by atoms with Crippen LogP contribution in [0.4, 0.5) is 0 Å². The molecule has 0 aromatic carbocycles. The van der Waals surface area contributed by atoms with Crippen molar-refractivity contribution >= 4 is 5.97 Å². The number of hydrogen-bond donors (Lipinski definition) is 0. The zero-order chi connectivity index (χ0) is 10.6. The molecule has 0 saturated carbocycles. The van der Waals surface area contributed by atoms with Crippen LogP contribution in [0.15, 0.2) is 18.5 Å². The van der Waals surface area contributed by atoms with Crippen LogP contribution in [-0.4, -0.2) is 11.0 Å². The Hall–Kier alpha value is -1.38. The molecule has 1 heterocycles. The quantitative estimate of drug-likeness (QED) is 0.711. The van der Waals surface area contributed by atoms with Gasteiger partial charge in [-0.25, -0.2) is 0 Å². The number of pyridine rings is 1. The third-order valence-electron chi connectivity index (χ3n) is 2.39. The van der Waals surface area contributed by atoms with Crippen molar-refractivity contribution in [2.45, 2.75) is 32.6 Å². The van der Waals surface area contributed by atoms with Crippen molar-refractivity contribution in [3.05, 3.63) is 29.6 Å². The fourth-order valence-corrected chi connectivity index (χ4v) is 1.59. The van der Waals surface area contributed by atoms with Crippen LogP contribution in [0, 0.1) is 0 Å². The van der Waals surface area contributed by atoms with Crippen molar-refractivity contribution in [1.82, 2.24) is 4.98 Å². The molecule has 0 amide bonds. The van der Waals surface area contributed by atoms with E-state index in [1.807, 2.05) is 13.8 Å². The minimum absolute atomic E-state index is 0.507. The highest BCUT2D eigenvalue weighted by Crippen LogP contribution is 2.22. The van der Waals surface area contributed by atoms with E-state index in [9.17, 15) is 9.90 Å². The van der Waals surface area contributed by atoms with Crippen LogP contribution in [0.3, 0.4) is 0 Å². The lowest BCUT2D eigenvalue weighted by Gasteiger charge is -2.18. The number of carboxylic acid groups (broad SMARTS) is 1. The lowest BCUT2D eigenvalue weighted by Crippen LogP contribution is -2.30. The average Bonchev–Trinajstić information content (AvgIpc) is 2.19. The van der Waals surface area contributed by atoms with Crippen molar-refractivity contribution in [2.24, 2.45) is 0 Å². The van der Waals surface area contributed by atoms with Gasteiger partial charge in [-0.05, 0) is 30.0 Å². The maximum atomic E-state index is 10.9. The predicted octanol–water partition coefficient (Wildman–Crippen LogP) is 0.887. The van der Waals surface area contributed by atoms with Crippen molar-refractivity contribution in [3.63, 3.8) is 0 Å². The van der Waals surface area contributed by atoms with Gasteiger partial charge in [0, 0.05) is 24.3 Å². The highest BCUT2D eigenvalue weighted by atomic mass is 16.4. The Balaban J connectivity index is 3.08. The smallest absolute Gasteiger partial charge is 0.0489 e. The topological polar surface area (TPSA) is 53.0 Å². The summed E-state index contributed by atoms with van der Waals surface area (Å²) in [6.07, 6.45) is 4.70. The van der Waals surface area contributed by atoms with Gasteiger partial charge in [-0.3, -0.25) is 4.98 Å². The molecule has 3 nitrogen and oxygen atoms in total. The van der Waals surface area contributed by atoms with E-state index in [0.717, 1.165) is 17.5 Å². The monoisotopic (exact) mass is 192 g/mol. The molecule has 0 spiro atoms. The number of nitrogens with zero attached hydrogens (tertiary/aromatic N) is 1. The number of aryl methyl sites for hydroxylation is 1. The first-order chi connectivity index (χ1) is 6.70. The fourth-order valence-electron chi connectivity index (χ4n) is 1.59. The van der Waals surface area contributed by atoms with Crippen molar-refractivity contribution in [1.29, 1.82) is 0 Å². The molecule has 0 aliphatic heterocycles. The van der Waals surface area contributed by atoms with E-state index in [1.54, 1.807) is 18.5 Å². The Bertz CT molecular complexity index is 323. The van der Waals surface area contributed by atoms with E-state index in [4.69, 9.17) is 0 Å². The van der Waals surface area contributed by atoms with Gasteiger partial charge >= 0.3 is 0 Å². The van der Waals surface area contributed by atoms with Gasteiger partial charge < -0.3 is 9.90 Å². The summed E-state index contributed by atoms with van der Waals surface area (Å²) in [6, 6.07) is 1.77. The molecule has 0 radical (unpaired) electrons. The summed E-state index contributed by atoms with van der Waals surface area (Å²) >= 11 is 0. The van der Waals surface area contributed by atoms with Gasteiger partial charge in [-0.15, -0.1) is 0 Å². The zero-order valence-electron chi connectivity index (χ0n) is 8.49. The van der Waals surface area contributed by atoms with Crippen LogP contribution in [0.25, 0.3) is 0 Å². The largest absolute Gasteiger partial charge is 0.549 e. The first-order valence-electron chi connectivity index (χ1n) is 4.84. The van der Waals surface area contributed by atoms with Gasteiger partial charge in [0.1, 0.15) is 0 Å². The van der Waals surface area contributed by atoms with E-state index in [1.165, 1.54) is 0 Å². The molecule has 1 aromatic rings. The van der Waals surface area contributed by atoms with Crippen LogP contribution in [0.1, 0.15) is 37.3 Å². The Labute approximate surface area is 83.8 Å². The van der Waals surface area contributed by atoms with E-state index in [0.29, 0.717) is 6.42 Å². The molecule has 1 unspecified atom stereocenters. The number of aromatic nitrogens is 1. The zero-order valence-corrected chi connectivity index (χ0v) is 8.49. The second-order valence-electron chi connectivity index (χ2n) is 3.21. The predicted molar refractivity (Wildman–Crippen MR) is 51.7 cm³/mol. The number of carboxylic acids is 1. The van der Waals surface area contributed by atoms with Gasteiger partial charge in [0.15, 0.2) is 0 Å². The Morgan fingerprint density at radius 3 is 2.79 bits per heavy atom. The van der Waals surface area contributed by atoms with Gasteiger partial charge in [0.25, 0.3) is 0 Å². The molecule has 1 rings (SSSR count). The van der Waals surface area contributed by atoms with Gasteiger partial charge in [0.05, 0.1) is 0 Å². The first kappa shape index (κ1) is 10.7.